The van der Waals surface area contributed by atoms with Gasteiger partial charge in [-0.1, -0.05) is 0 Å². The predicted molar refractivity (Wildman–Crippen MR) is 37.0 cm³/mol. The van der Waals surface area contributed by atoms with Crippen molar-refractivity contribution in [1.29, 1.82) is 5.26 Å². The molecule has 0 bridgehead atoms. The summed E-state index contributed by atoms with van der Waals surface area (Å²) >= 11 is 0. The van der Waals surface area contributed by atoms with Crippen LogP contribution in [0, 0.1) is 11.3 Å². The Labute approximate surface area is 59.9 Å². The molecule has 0 spiro atoms. The van der Waals surface area contributed by atoms with Crippen LogP contribution in [0.3, 0.4) is 0 Å². The van der Waals surface area contributed by atoms with E-state index in [4.69, 9.17) is 5.26 Å². The summed E-state index contributed by atoms with van der Waals surface area (Å²) in [5, 5.41) is 8.18. The number of nitrogens with zero attached hydrogens (tertiary/aromatic N) is 1. The fraction of sp³-hybridized carbons (Fsp3) is 0.500. The molecule has 0 aliphatic carbocycles. The highest BCUT2D eigenvalue weighted by Gasteiger charge is 2.21. The minimum Gasteiger partial charge on any atom is -0.228 e. The molecule has 0 amide bonds. The molecule has 10 heavy (non-hydrogen) atoms. The van der Waals surface area contributed by atoms with E-state index in [0.717, 1.165) is 5.57 Å². The van der Waals surface area contributed by atoms with Gasteiger partial charge in [-0.15, -0.1) is 0 Å². The lowest BCUT2D eigenvalue weighted by Gasteiger charge is -1.84. The lowest BCUT2D eigenvalue weighted by atomic mass is 10.2. The van der Waals surface area contributed by atoms with Gasteiger partial charge in [0.2, 0.25) is 0 Å². The van der Waals surface area contributed by atoms with Gasteiger partial charge in [0.15, 0.2) is 9.84 Å². The normalized spacial score (nSPS) is 26.5. The van der Waals surface area contributed by atoms with Crippen LogP contribution in [-0.2, 0) is 9.84 Å². The monoisotopic (exact) mass is 157 g/mol. The molecule has 1 rings (SSSR count). The minimum absolute atomic E-state index is 0.0839. The first-order valence-corrected chi connectivity index (χ1v) is 4.74. The van der Waals surface area contributed by atoms with Crippen molar-refractivity contribution >= 4 is 9.84 Å². The Morgan fingerprint density at radius 2 is 2.30 bits per heavy atom. The number of allylic oxidation sites excluding steroid dienone is 1. The van der Waals surface area contributed by atoms with Gasteiger partial charge < -0.3 is 0 Å². The molecule has 1 heterocycles. The zero-order chi connectivity index (χ0) is 7.61. The largest absolute Gasteiger partial charge is 0.228 e. The van der Waals surface area contributed by atoms with Crippen molar-refractivity contribution < 1.29 is 8.42 Å². The zero-order valence-corrected chi connectivity index (χ0v) is 6.19. The summed E-state index contributed by atoms with van der Waals surface area (Å²) < 4.78 is 21.5. The van der Waals surface area contributed by atoms with Crippen LogP contribution in [0.15, 0.2) is 11.6 Å². The second kappa shape index (κ2) is 2.43. The first kappa shape index (κ1) is 7.29. The summed E-state index contributed by atoms with van der Waals surface area (Å²) in [5.41, 5.74) is 0.738. The molecule has 54 valence electrons. The third-order valence-corrected chi connectivity index (χ3v) is 3.04. The third kappa shape index (κ3) is 1.58. The van der Waals surface area contributed by atoms with Crippen LogP contribution in [0.4, 0.5) is 0 Å². The van der Waals surface area contributed by atoms with Gasteiger partial charge in [0.05, 0.1) is 17.6 Å². The second-order valence-electron chi connectivity index (χ2n) is 2.27. The highest BCUT2D eigenvalue weighted by molar-refractivity contribution is 7.91. The van der Waals surface area contributed by atoms with Crippen molar-refractivity contribution in [3.8, 4) is 6.07 Å². The van der Waals surface area contributed by atoms with Gasteiger partial charge in [-0.2, -0.15) is 5.26 Å². The average Bonchev–Trinajstić information content (AvgIpc) is 2.12. The van der Waals surface area contributed by atoms with E-state index in [1.54, 1.807) is 0 Å². The Morgan fingerprint density at radius 1 is 1.60 bits per heavy atom. The van der Waals surface area contributed by atoms with Gasteiger partial charge >= 0.3 is 0 Å². The average molecular weight is 157 g/mol. The number of nitriles is 1. The van der Waals surface area contributed by atoms with Crippen molar-refractivity contribution in [2.45, 2.75) is 6.42 Å². The fourth-order valence-corrected chi connectivity index (χ4v) is 2.43. The predicted octanol–water partition coefficient (Wildman–Crippen LogP) is 0.255. The Balaban J connectivity index is 2.81. The molecule has 0 aromatic heterocycles. The summed E-state index contributed by atoms with van der Waals surface area (Å²) in [4.78, 5) is 0. The molecule has 0 unspecified atom stereocenters. The third-order valence-electron chi connectivity index (χ3n) is 1.41. The molecular weight excluding hydrogens is 150 g/mol. The van der Waals surface area contributed by atoms with Crippen LogP contribution >= 0.6 is 0 Å². The van der Waals surface area contributed by atoms with E-state index < -0.39 is 9.84 Å². The maximum absolute atomic E-state index is 10.8. The summed E-state index contributed by atoms with van der Waals surface area (Å²) in [6.45, 7) is 0. The summed E-state index contributed by atoms with van der Waals surface area (Å²) in [5.74, 6) is 0.293. The van der Waals surface area contributed by atoms with E-state index in [9.17, 15) is 8.42 Å². The van der Waals surface area contributed by atoms with Crippen LogP contribution in [0.1, 0.15) is 6.42 Å². The molecule has 0 aromatic carbocycles. The lowest BCUT2D eigenvalue weighted by Crippen LogP contribution is -1.99. The molecule has 1 aliphatic rings. The zero-order valence-electron chi connectivity index (χ0n) is 5.37. The van der Waals surface area contributed by atoms with Crippen LogP contribution < -0.4 is 0 Å². The minimum atomic E-state index is -2.84. The van der Waals surface area contributed by atoms with E-state index in [2.05, 4.69) is 0 Å². The Bertz CT molecular complexity index is 294. The topological polar surface area (TPSA) is 57.9 Å². The van der Waals surface area contributed by atoms with Gasteiger partial charge in [-0.3, -0.25) is 0 Å². The summed E-state index contributed by atoms with van der Waals surface area (Å²) in [7, 11) is -2.84. The van der Waals surface area contributed by atoms with Crippen LogP contribution in [0.2, 0.25) is 0 Å². The highest BCUT2D eigenvalue weighted by atomic mass is 32.2. The smallest absolute Gasteiger partial charge is 0.154 e. The summed E-state index contributed by atoms with van der Waals surface area (Å²) in [6.07, 6.45) is 1.86. The highest BCUT2D eigenvalue weighted by Crippen LogP contribution is 2.16. The first-order valence-electron chi connectivity index (χ1n) is 2.92. The first-order chi connectivity index (χ1) is 4.64. The lowest BCUT2D eigenvalue weighted by molar-refractivity contribution is 0.602. The molecule has 0 radical (unpaired) electrons. The van der Waals surface area contributed by atoms with Crippen LogP contribution in [-0.4, -0.2) is 19.9 Å². The Kier molecular flexibility index (Phi) is 1.77. The van der Waals surface area contributed by atoms with Gasteiger partial charge in [-0.25, -0.2) is 8.42 Å². The van der Waals surface area contributed by atoms with Gasteiger partial charge in [0.1, 0.15) is 0 Å². The Morgan fingerprint density at radius 3 is 2.70 bits per heavy atom. The van der Waals surface area contributed by atoms with E-state index in [0.29, 0.717) is 6.42 Å². The van der Waals surface area contributed by atoms with E-state index in [1.165, 1.54) is 6.08 Å². The van der Waals surface area contributed by atoms with Gasteiger partial charge in [0.25, 0.3) is 0 Å². The van der Waals surface area contributed by atoms with Crippen LogP contribution in [0.5, 0.6) is 0 Å². The standard InChI is InChI=1S/C6H7NO2S/c7-3-1-6-2-4-10(8,9)5-6/h1H,2,4-5H2/b6-1+. The van der Waals surface area contributed by atoms with Crippen molar-refractivity contribution in [2.75, 3.05) is 11.5 Å². The molecule has 1 fully saturated rings. The molecule has 1 aliphatic heterocycles. The van der Waals surface area contributed by atoms with Crippen molar-refractivity contribution in [3.63, 3.8) is 0 Å². The van der Waals surface area contributed by atoms with Gasteiger partial charge in [-0.05, 0) is 12.0 Å². The molecule has 0 aromatic rings. The molecule has 4 heteroatoms. The number of rotatable bonds is 0. The SMILES string of the molecule is N#C/C=C1\CCS(=O)(=O)C1. The molecule has 1 saturated heterocycles. The van der Waals surface area contributed by atoms with E-state index in [1.807, 2.05) is 6.07 Å². The molecule has 0 atom stereocenters. The molecule has 3 nitrogen and oxygen atoms in total. The van der Waals surface area contributed by atoms with Gasteiger partial charge in [0, 0.05) is 6.08 Å². The number of hydrogen-bond acceptors (Lipinski definition) is 3. The summed E-state index contributed by atoms with van der Waals surface area (Å²) in [6, 6.07) is 1.82. The maximum atomic E-state index is 10.8. The van der Waals surface area contributed by atoms with Crippen molar-refractivity contribution in [1.82, 2.24) is 0 Å². The molecule has 0 N–H and O–H groups in total. The Hall–Kier alpha value is -0.820. The fourth-order valence-electron chi connectivity index (χ4n) is 0.919. The number of sulfone groups is 1. The van der Waals surface area contributed by atoms with Crippen molar-refractivity contribution in [3.05, 3.63) is 11.6 Å². The van der Waals surface area contributed by atoms with E-state index >= 15 is 0 Å². The molecule has 0 saturated carbocycles. The molecular formula is C6H7NO2S. The van der Waals surface area contributed by atoms with Crippen LogP contribution in [0.25, 0.3) is 0 Å². The number of hydrogen-bond donors (Lipinski definition) is 0. The van der Waals surface area contributed by atoms with E-state index in [-0.39, 0.29) is 11.5 Å². The second-order valence-corrected chi connectivity index (χ2v) is 4.46. The van der Waals surface area contributed by atoms with Crippen molar-refractivity contribution in [2.24, 2.45) is 0 Å². The maximum Gasteiger partial charge on any atom is 0.154 e. The quantitative estimate of drug-likeness (QED) is 0.474.